The standard InChI is InChI=1S/C15H11F2N3OS/c1-8-5-6-11-12(7-8)22-15(18-11)20-19-14(21)13-9(16)3-2-4-10(13)17/h2-7H,1H3,(H,18,20)(H,19,21). The van der Waals surface area contributed by atoms with Crippen LogP contribution in [0.3, 0.4) is 0 Å². The molecule has 0 aliphatic heterocycles. The first-order valence-electron chi connectivity index (χ1n) is 6.42. The van der Waals surface area contributed by atoms with Gasteiger partial charge in [0.15, 0.2) is 0 Å². The summed E-state index contributed by atoms with van der Waals surface area (Å²) in [4.78, 5) is 16.1. The Hall–Kier alpha value is -2.54. The van der Waals surface area contributed by atoms with E-state index in [1.54, 1.807) is 0 Å². The van der Waals surface area contributed by atoms with E-state index >= 15 is 0 Å². The summed E-state index contributed by atoms with van der Waals surface area (Å²) in [6.45, 7) is 1.97. The molecule has 0 atom stereocenters. The Balaban J connectivity index is 1.77. The van der Waals surface area contributed by atoms with Crippen molar-refractivity contribution in [3.05, 3.63) is 59.2 Å². The highest BCUT2D eigenvalue weighted by Crippen LogP contribution is 2.26. The third kappa shape index (κ3) is 2.75. The number of hydrogen-bond acceptors (Lipinski definition) is 4. The van der Waals surface area contributed by atoms with Crippen LogP contribution in [0.15, 0.2) is 36.4 Å². The lowest BCUT2D eigenvalue weighted by molar-refractivity contribution is 0.0954. The molecule has 112 valence electrons. The molecule has 2 aromatic carbocycles. The number of nitrogens with one attached hydrogen (secondary N) is 2. The van der Waals surface area contributed by atoms with E-state index in [4.69, 9.17) is 0 Å². The molecule has 0 aliphatic carbocycles. The van der Waals surface area contributed by atoms with Gasteiger partial charge in [-0.15, -0.1) is 0 Å². The summed E-state index contributed by atoms with van der Waals surface area (Å²) in [7, 11) is 0. The average molecular weight is 319 g/mol. The molecule has 0 saturated carbocycles. The number of fused-ring (bicyclic) bond motifs is 1. The molecule has 3 aromatic rings. The number of nitrogens with zero attached hydrogens (tertiary/aromatic N) is 1. The zero-order valence-corrected chi connectivity index (χ0v) is 12.3. The maximum atomic E-state index is 13.5. The van der Waals surface area contributed by atoms with E-state index in [9.17, 15) is 13.6 Å². The summed E-state index contributed by atoms with van der Waals surface area (Å²) in [5.41, 5.74) is 6.08. The number of halogens is 2. The Morgan fingerprint density at radius 3 is 2.64 bits per heavy atom. The molecule has 0 spiro atoms. The second-order valence-corrected chi connectivity index (χ2v) is 5.70. The molecule has 1 amide bonds. The highest BCUT2D eigenvalue weighted by atomic mass is 32.1. The Labute approximate surface area is 128 Å². The van der Waals surface area contributed by atoms with Crippen molar-refractivity contribution in [2.75, 3.05) is 5.43 Å². The van der Waals surface area contributed by atoms with Crippen LogP contribution in [0.4, 0.5) is 13.9 Å². The molecule has 22 heavy (non-hydrogen) atoms. The van der Waals surface area contributed by atoms with Gasteiger partial charge in [-0.2, -0.15) is 0 Å². The van der Waals surface area contributed by atoms with E-state index in [1.807, 2.05) is 25.1 Å². The molecule has 0 unspecified atom stereocenters. The van der Waals surface area contributed by atoms with Gasteiger partial charge in [-0.05, 0) is 36.8 Å². The molecule has 2 N–H and O–H groups in total. The van der Waals surface area contributed by atoms with Crippen molar-refractivity contribution in [2.45, 2.75) is 6.92 Å². The number of hydrogen-bond donors (Lipinski definition) is 2. The molecule has 4 nitrogen and oxygen atoms in total. The summed E-state index contributed by atoms with van der Waals surface area (Å²) in [6.07, 6.45) is 0. The van der Waals surface area contributed by atoms with Crippen LogP contribution in [0.25, 0.3) is 10.2 Å². The topological polar surface area (TPSA) is 54.0 Å². The summed E-state index contributed by atoms with van der Waals surface area (Å²) < 4.78 is 27.9. The Morgan fingerprint density at radius 2 is 1.91 bits per heavy atom. The van der Waals surface area contributed by atoms with Crippen molar-refractivity contribution in [3.63, 3.8) is 0 Å². The predicted octanol–water partition coefficient (Wildman–Crippen LogP) is 3.64. The number of anilines is 1. The van der Waals surface area contributed by atoms with Crippen LogP contribution < -0.4 is 10.9 Å². The summed E-state index contributed by atoms with van der Waals surface area (Å²) in [5.74, 6) is -2.73. The molecule has 0 fully saturated rings. The lowest BCUT2D eigenvalue weighted by Gasteiger charge is -2.06. The van der Waals surface area contributed by atoms with Gasteiger partial charge >= 0.3 is 0 Å². The molecule has 0 radical (unpaired) electrons. The van der Waals surface area contributed by atoms with Gasteiger partial charge in [0, 0.05) is 0 Å². The average Bonchev–Trinajstić information content (AvgIpc) is 2.87. The highest BCUT2D eigenvalue weighted by Gasteiger charge is 2.17. The maximum Gasteiger partial charge on any atom is 0.275 e. The van der Waals surface area contributed by atoms with Gasteiger partial charge in [-0.25, -0.2) is 13.8 Å². The van der Waals surface area contributed by atoms with Crippen LogP contribution in [0.1, 0.15) is 15.9 Å². The Bertz CT molecular complexity index is 843. The number of hydrazine groups is 1. The van der Waals surface area contributed by atoms with E-state index < -0.39 is 23.1 Å². The van der Waals surface area contributed by atoms with Crippen LogP contribution in [0, 0.1) is 18.6 Å². The SMILES string of the molecule is Cc1ccc2nc(NNC(=O)c3c(F)cccc3F)sc2c1. The van der Waals surface area contributed by atoms with Crippen molar-refractivity contribution in [2.24, 2.45) is 0 Å². The zero-order chi connectivity index (χ0) is 15.7. The van der Waals surface area contributed by atoms with Gasteiger partial charge in [0.1, 0.15) is 17.2 Å². The minimum atomic E-state index is -0.917. The van der Waals surface area contributed by atoms with Crippen LogP contribution >= 0.6 is 11.3 Å². The van der Waals surface area contributed by atoms with Crippen LogP contribution in [-0.2, 0) is 0 Å². The van der Waals surface area contributed by atoms with Crippen molar-refractivity contribution in [1.82, 2.24) is 10.4 Å². The fourth-order valence-electron chi connectivity index (χ4n) is 1.97. The Kier molecular flexibility index (Phi) is 3.72. The number of carbonyl (C=O) groups is 1. The van der Waals surface area contributed by atoms with Crippen molar-refractivity contribution in [3.8, 4) is 0 Å². The quantitative estimate of drug-likeness (QED) is 0.725. The predicted molar refractivity (Wildman–Crippen MR) is 81.8 cm³/mol. The minimum absolute atomic E-state index is 0.436. The maximum absolute atomic E-state index is 13.5. The second-order valence-electron chi connectivity index (χ2n) is 4.67. The third-order valence-electron chi connectivity index (χ3n) is 3.02. The number of amides is 1. The molecular weight excluding hydrogens is 308 g/mol. The fourth-order valence-corrected chi connectivity index (χ4v) is 2.89. The lowest BCUT2D eigenvalue weighted by atomic mass is 10.2. The number of carbonyl (C=O) groups excluding carboxylic acids is 1. The number of aromatic nitrogens is 1. The van der Waals surface area contributed by atoms with Gasteiger partial charge in [0.05, 0.1) is 10.2 Å². The van der Waals surface area contributed by atoms with Crippen LogP contribution in [0.2, 0.25) is 0 Å². The van der Waals surface area contributed by atoms with Gasteiger partial charge in [0.2, 0.25) is 5.13 Å². The van der Waals surface area contributed by atoms with Gasteiger partial charge in [-0.1, -0.05) is 23.5 Å². The smallest absolute Gasteiger partial charge is 0.273 e. The number of rotatable bonds is 3. The first-order chi connectivity index (χ1) is 10.5. The van der Waals surface area contributed by atoms with E-state index in [2.05, 4.69) is 15.8 Å². The molecule has 1 aromatic heterocycles. The molecule has 0 saturated heterocycles. The van der Waals surface area contributed by atoms with E-state index in [1.165, 1.54) is 17.4 Å². The molecule has 3 rings (SSSR count). The zero-order valence-electron chi connectivity index (χ0n) is 11.5. The Morgan fingerprint density at radius 1 is 1.18 bits per heavy atom. The van der Waals surface area contributed by atoms with Gasteiger partial charge in [0.25, 0.3) is 5.91 Å². The van der Waals surface area contributed by atoms with E-state index in [-0.39, 0.29) is 0 Å². The lowest BCUT2D eigenvalue weighted by Crippen LogP contribution is -2.30. The first-order valence-corrected chi connectivity index (χ1v) is 7.24. The van der Waals surface area contributed by atoms with Crippen molar-refractivity contribution in [1.29, 1.82) is 0 Å². The number of thiazole rings is 1. The summed E-state index contributed by atoms with van der Waals surface area (Å²) in [5, 5.41) is 0.436. The molecular formula is C15H11F2N3OS. The number of aryl methyl sites for hydroxylation is 1. The first kappa shape index (κ1) is 14.4. The van der Waals surface area contributed by atoms with E-state index in [0.717, 1.165) is 27.9 Å². The van der Waals surface area contributed by atoms with Crippen molar-refractivity contribution < 1.29 is 13.6 Å². The highest BCUT2D eigenvalue weighted by molar-refractivity contribution is 7.22. The third-order valence-corrected chi connectivity index (χ3v) is 3.95. The van der Waals surface area contributed by atoms with E-state index in [0.29, 0.717) is 5.13 Å². The molecule has 7 heteroatoms. The summed E-state index contributed by atoms with van der Waals surface area (Å²) in [6, 6.07) is 9.02. The van der Waals surface area contributed by atoms with Gasteiger partial charge in [-0.3, -0.25) is 15.6 Å². The van der Waals surface area contributed by atoms with Gasteiger partial charge < -0.3 is 0 Å². The summed E-state index contributed by atoms with van der Waals surface area (Å²) >= 11 is 1.33. The van der Waals surface area contributed by atoms with Crippen LogP contribution in [-0.4, -0.2) is 10.9 Å². The molecule has 1 heterocycles. The fraction of sp³-hybridized carbons (Fsp3) is 0.0667. The van der Waals surface area contributed by atoms with Crippen LogP contribution in [0.5, 0.6) is 0 Å². The largest absolute Gasteiger partial charge is 0.275 e. The monoisotopic (exact) mass is 319 g/mol. The molecule has 0 bridgehead atoms. The number of benzene rings is 2. The minimum Gasteiger partial charge on any atom is -0.273 e. The second kappa shape index (κ2) is 5.69. The molecule has 0 aliphatic rings. The normalized spacial score (nSPS) is 10.7. The van der Waals surface area contributed by atoms with Crippen molar-refractivity contribution >= 4 is 32.6 Å².